The van der Waals surface area contributed by atoms with Crippen molar-refractivity contribution in [3.63, 3.8) is 0 Å². The highest BCUT2D eigenvalue weighted by Gasteiger charge is 2.33. The normalized spacial score (nSPS) is 11.2. The summed E-state index contributed by atoms with van der Waals surface area (Å²) >= 11 is 7.23. The number of halogens is 5. The van der Waals surface area contributed by atoms with E-state index in [9.17, 15) is 18.0 Å². The van der Waals surface area contributed by atoms with E-state index in [2.05, 4.69) is 14.5 Å². The van der Waals surface area contributed by atoms with Crippen LogP contribution in [0.4, 0.5) is 13.2 Å². The van der Waals surface area contributed by atoms with Crippen LogP contribution < -0.4 is 4.74 Å². The van der Waals surface area contributed by atoms with Gasteiger partial charge in [-0.15, -0.1) is 24.8 Å². The summed E-state index contributed by atoms with van der Waals surface area (Å²) in [6.45, 7) is 0. The number of methoxy groups -OCH3 is 1. The third-order valence-electron chi connectivity index (χ3n) is 1.75. The summed E-state index contributed by atoms with van der Waals surface area (Å²) in [6.07, 6.45) is -4.91. The molecule has 0 unspecified atom stereocenters. The van der Waals surface area contributed by atoms with Crippen molar-refractivity contribution in [3.05, 3.63) is 20.9 Å². The zero-order chi connectivity index (χ0) is 13.9. The van der Waals surface area contributed by atoms with Gasteiger partial charge in [-0.25, -0.2) is 9.78 Å². The van der Waals surface area contributed by atoms with Gasteiger partial charge in [-0.1, -0.05) is 0 Å². The van der Waals surface area contributed by atoms with Crippen LogP contribution in [0, 0.1) is 3.57 Å². The van der Waals surface area contributed by atoms with Gasteiger partial charge in [0.1, 0.15) is 0 Å². The molecule has 9 heteroatoms. The highest BCUT2D eigenvalue weighted by Crippen LogP contribution is 2.28. The fourth-order valence-corrected chi connectivity index (χ4v) is 1.95. The molecule has 0 saturated carbocycles. The molecule has 4 nitrogen and oxygen atoms in total. The second-order valence-corrected chi connectivity index (χ2v) is 4.39. The Morgan fingerprint density at radius 1 is 1.56 bits per heavy atom. The molecule has 0 aliphatic carbocycles. The van der Waals surface area contributed by atoms with Crippen LogP contribution >= 0.6 is 34.2 Å². The molecular weight excluding hydrogens is 389 g/mol. The number of nitrogens with zero attached hydrogens (tertiary/aromatic N) is 1. The Hall–Kier alpha value is -0.770. The van der Waals surface area contributed by atoms with Gasteiger partial charge in [-0.05, 0) is 28.7 Å². The summed E-state index contributed by atoms with van der Waals surface area (Å²) in [5.74, 6) is -1.83. The quantitative estimate of drug-likeness (QED) is 0.448. The van der Waals surface area contributed by atoms with Crippen molar-refractivity contribution in [1.82, 2.24) is 4.98 Å². The fraction of sp³-hybridized carbons (Fsp3) is 0.333. The summed E-state index contributed by atoms with van der Waals surface area (Å²) in [5.41, 5.74) is -0.225. The second-order valence-electron chi connectivity index (χ2n) is 2.96. The van der Waals surface area contributed by atoms with E-state index >= 15 is 0 Å². The maximum Gasteiger partial charge on any atom is 0.574 e. The van der Waals surface area contributed by atoms with Crippen LogP contribution in [0.2, 0.25) is 0 Å². The van der Waals surface area contributed by atoms with Crippen molar-refractivity contribution < 1.29 is 27.4 Å². The number of ether oxygens (including phenoxy) is 2. The lowest BCUT2D eigenvalue weighted by Gasteiger charge is -2.12. The predicted molar refractivity (Wildman–Crippen MR) is 64.5 cm³/mol. The Bertz CT molecular complexity index is 467. The number of pyridine rings is 1. The molecular formula is C9H6ClF3INO3. The first-order valence-corrected chi connectivity index (χ1v) is 5.99. The van der Waals surface area contributed by atoms with Gasteiger partial charge in [0, 0.05) is 9.13 Å². The molecule has 100 valence electrons. The van der Waals surface area contributed by atoms with Gasteiger partial charge < -0.3 is 9.47 Å². The molecule has 0 radical (unpaired) electrons. The number of carbonyl (C=O) groups is 1. The second kappa shape index (κ2) is 5.91. The van der Waals surface area contributed by atoms with Crippen LogP contribution in [-0.2, 0) is 10.6 Å². The van der Waals surface area contributed by atoms with E-state index in [1.54, 1.807) is 22.6 Å². The maximum absolute atomic E-state index is 12.1. The molecule has 1 rings (SSSR count). The average molecular weight is 396 g/mol. The van der Waals surface area contributed by atoms with Crippen molar-refractivity contribution in [2.24, 2.45) is 0 Å². The molecule has 18 heavy (non-hydrogen) atoms. The molecule has 0 bridgehead atoms. The number of alkyl halides is 4. The Morgan fingerprint density at radius 2 is 2.17 bits per heavy atom. The SMILES string of the molecule is COC(=O)c1nc(OC(F)(F)F)c(CCl)cc1I. The van der Waals surface area contributed by atoms with Crippen LogP contribution in [0.3, 0.4) is 0 Å². The number of hydrogen-bond acceptors (Lipinski definition) is 4. The first kappa shape index (κ1) is 15.3. The van der Waals surface area contributed by atoms with Crippen molar-refractivity contribution in [3.8, 4) is 5.88 Å². The Labute approximate surface area is 119 Å². The molecule has 0 aromatic carbocycles. The van der Waals surface area contributed by atoms with E-state index < -0.39 is 18.2 Å². The molecule has 0 saturated heterocycles. The number of carbonyl (C=O) groups excluding carboxylic acids is 1. The van der Waals surface area contributed by atoms with Crippen molar-refractivity contribution >= 4 is 40.2 Å². The molecule has 0 fully saturated rings. The van der Waals surface area contributed by atoms with Crippen LogP contribution in [0.5, 0.6) is 5.88 Å². The summed E-state index contributed by atoms with van der Waals surface area (Å²) < 4.78 is 44.9. The standard InChI is InChI=1S/C9H6ClF3INO3/c1-17-8(16)6-5(14)2-4(3-10)7(15-6)18-9(11,12)13/h2H,3H2,1H3. The molecule has 0 aliphatic heterocycles. The highest BCUT2D eigenvalue weighted by atomic mass is 127. The summed E-state index contributed by atoms with van der Waals surface area (Å²) in [4.78, 5) is 14.8. The monoisotopic (exact) mass is 395 g/mol. The topological polar surface area (TPSA) is 48.4 Å². The van der Waals surface area contributed by atoms with Gasteiger partial charge in [-0.2, -0.15) is 0 Å². The van der Waals surface area contributed by atoms with E-state index in [-0.39, 0.29) is 17.1 Å². The lowest BCUT2D eigenvalue weighted by molar-refractivity contribution is -0.276. The van der Waals surface area contributed by atoms with Crippen LogP contribution in [0.1, 0.15) is 16.1 Å². The molecule has 0 atom stereocenters. The van der Waals surface area contributed by atoms with Crippen molar-refractivity contribution in [2.75, 3.05) is 7.11 Å². The molecule has 1 aromatic rings. The Balaban J connectivity index is 3.26. The van der Waals surface area contributed by atoms with Crippen LogP contribution in [-0.4, -0.2) is 24.4 Å². The average Bonchev–Trinajstić information content (AvgIpc) is 2.28. The zero-order valence-corrected chi connectivity index (χ0v) is 11.8. The fourth-order valence-electron chi connectivity index (χ4n) is 1.04. The van der Waals surface area contributed by atoms with E-state index in [0.717, 1.165) is 7.11 Å². The van der Waals surface area contributed by atoms with Gasteiger partial charge in [0.05, 0.1) is 13.0 Å². The van der Waals surface area contributed by atoms with Gasteiger partial charge in [0.15, 0.2) is 5.69 Å². The largest absolute Gasteiger partial charge is 0.574 e. The first-order valence-electron chi connectivity index (χ1n) is 4.38. The van der Waals surface area contributed by atoms with E-state index in [4.69, 9.17) is 11.6 Å². The van der Waals surface area contributed by atoms with E-state index in [1.165, 1.54) is 6.07 Å². The maximum atomic E-state index is 12.1. The zero-order valence-electron chi connectivity index (χ0n) is 8.85. The van der Waals surface area contributed by atoms with Crippen molar-refractivity contribution in [1.29, 1.82) is 0 Å². The number of aromatic nitrogens is 1. The van der Waals surface area contributed by atoms with E-state index in [0.29, 0.717) is 3.57 Å². The minimum Gasteiger partial charge on any atom is -0.464 e. The minimum absolute atomic E-state index is 0.0334. The van der Waals surface area contributed by atoms with Gasteiger partial charge in [-0.3, -0.25) is 0 Å². The van der Waals surface area contributed by atoms with Crippen molar-refractivity contribution in [2.45, 2.75) is 12.2 Å². The van der Waals surface area contributed by atoms with Crippen LogP contribution in [0.25, 0.3) is 0 Å². The van der Waals surface area contributed by atoms with E-state index in [1.807, 2.05) is 0 Å². The number of esters is 1. The molecule has 1 aromatic heterocycles. The minimum atomic E-state index is -4.91. The smallest absolute Gasteiger partial charge is 0.464 e. The lowest BCUT2D eigenvalue weighted by Crippen LogP contribution is -2.20. The molecule has 1 heterocycles. The summed E-state index contributed by atoms with van der Waals surface area (Å²) in [7, 11) is 1.10. The third kappa shape index (κ3) is 3.87. The summed E-state index contributed by atoms with van der Waals surface area (Å²) in [5, 5.41) is 0. The molecule has 0 amide bonds. The number of hydrogen-bond donors (Lipinski definition) is 0. The Kier molecular flexibility index (Phi) is 5.02. The Morgan fingerprint density at radius 3 is 2.61 bits per heavy atom. The lowest BCUT2D eigenvalue weighted by atomic mass is 10.2. The number of rotatable bonds is 3. The predicted octanol–water partition coefficient (Wildman–Crippen LogP) is 3.11. The summed E-state index contributed by atoms with van der Waals surface area (Å²) in [6, 6.07) is 1.29. The van der Waals surface area contributed by atoms with Gasteiger partial charge in [0.2, 0.25) is 5.88 Å². The molecule has 0 spiro atoms. The highest BCUT2D eigenvalue weighted by molar-refractivity contribution is 14.1. The van der Waals surface area contributed by atoms with Gasteiger partial charge in [0.25, 0.3) is 0 Å². The van der Waals surface area contributed by atoms with Crippen LogP contribution in [0.15, 0.2) is 6.07 Å². The molecule has 0 aliphatic rings. The first-order chi connectivity index (χ1) is 8.28. The third-order valence-corrected chi connectivity index (χ3v) is 2.86. The van der Waals surface area contributed by atoms with Gasteiger partial charge >= 0.3 is 12.3 Å². The molecule has 0 N–H and O–H groups in total.